The molecule has 19 heavy (non-hydrogen) atoms. The molecule has 1 aromatic carbocycles. The summed E-state index contributed by atoms with van der Waals surface area (Å²) in [5, 5.41) is 0. The molecule has 0 spiro atoms. The Morgan fingerprint density at radius 1 is 1.26 bits per heavy atom. The van der Waals surface area contributed by atoms with Gasteiger partial charge in [-0.15, -0.1) is 0 Å². The van der Waals surface area contributed by atoms with E-state index in [4.69, 9.17) is 9.47 Å². The maximum Gasteiger partial charge on any atom is 0.336 e. The summed E-state index contributed by atoms with van der Waals surface area (Å²) in [7, 11) is 0. The molecule has 1 aromatic rings. The van der Waals surface area contributed by atoms with Crippen LogP contribution in [0.2, 0.25) is 0 Å². The number of rotatable bonds is 5. The minimum atomic E-state index is -0.388. The molecule has 0 atom stereocenters. The van der Waals surface area contributed by atoms with Gasteiger partial charge in [0.1, 0.15) is 12.4 Å². The first-order valence-electron chi connectivity index (χ1n) is 6.80. The van der Waals surface area contributed by atoms with Gasteiger partial charge < -0.3 is 9.47 Å². The first-order valence-corrected chi connectivity index (χ1v) is 6.80. The number of benzene rings is 1. The quantitative estimate of drug-likeness (QED) is 0.603. The fraction of sp³-hybridized carbons (Fsp3) is 0.438. The fourth-order valence-corrected chi connectivity index (χ4v) is 2.26. The number of esters is 1. The van der Waals surface area contributed by atoms with E-state index >= 15 is 0 Å². The Morgan fingerprint density at radius 3 is 2.74 bits per heavy atom. The van der Waals surface area contributed by atoms with Gasteiger partial charge in [-0.3, -0.25) is 0 Å². The van der Waals surface area contributed by atoms with Gasteiger partial charge in [-0.2, -0.15) is 0 Å². The molecule has 0 fully saturated rings. The Bertz CT molecular complexity index is 477. The lowest BCUT2D eigenvalue weighted by atomic mass is 9.92. The lowest BCUT2D eigenvalue weighted by molar-refractivity contribution is -0.138. The average molecular weight is 260 g/mol. The Labute approximate surface area is 114 Å². The molecule has 0 aromatic heterocycles. The smallest absolute Gasteiger partial charge is 0.336 e. The highest BCUT2D eigenvalue weighted by Crippen LogP contribution is 2.25. The third-order valence-electron chi connectivity index (χ3n) is 3.30. The van der Waals surface area contributed by atoms with Crippen LogP contribution in [-0.4, -0.2) is 19.2 Å². The fourth-order valence-electron chi connectivity index (χ4n) is 2.26. The van der Waals surface area contributed by atoms with Gasteiger partial charge in [-0.1, -0.05) is 12.6 Å². The molecular weight excluding hydrogens is 240 g/mol. The van der Waals surface area contributed by atoms with Crippen molar-refractivity contribution in [3.8, 4) is 5.75 Å². The van der Waals surface area contributed by atoms with E-state index in [1.165, 1.54) is 24.0 Å². The van der Waals surface area contributed by atoms with E-state index in [1.54, 1.807) is 6.92 Å². The highest BCUT2D eigenvalue weighted by molar-refractivity contribution is 5.88. The van der Waals surface area contributed by atoms with Crippen LogP contribution in [0, 0.1) is 0 Å². The molecular formula is C16H20O3. The Hall–Kier alpha value is -1.77. The molecule has 2 rings (SSSR count). The molecule has 0 saturated carbocycles. The van der Waals surface area contributed by atoms with E-state index in [9.17, 15) is 4.79 Å². The Morgan fingerprint density at radius 2 is 2.00 bits per heavy atom. The van der Waals surface area contributed by atoms with Crippen molar-refractivity contribution in [1.29, 1.82) is 0 Å². The highest BCUT2D eigenvalue weighted by atomic mass is 16.5. The first kappa shape index (κ1) is 13.7. The van der Waals surface area contributed by atoms with Crippen LogP contribution in [0.5, 0.6) is 5.75 Å². The number of carbonyl (C=O) groups is 1. The minimum Gasteiger partial charge on any atom is -0.489 e. The topological polar surface area (TPSA) is 35.5 Å². The summed E-state index contributed by atoms with van der Waals surface area (Å²) in [5.41, 5.74) is 3.13. The average Bonchev–Trinajstić information content (AvgIpc) is 2.44. The Balaban J connectivity index is 1.93. The van der Waals surface area contributed by atoms with Gasteiger partial charge in [0.05, 0.1) is 12.2 Å². The zero-order valence-corrected chi connectivity index (χ0v) is 11.4. The maximum atomic E-state index is 11.4. The molecule has 0 bridgehead atoms. The van der Waals surface area contributed by atoms with E-state index < -0.39 is 0 Å². The molecule has 102 valence electrons. The van der Waals surface area contributed by atoms with Crippen molar-refractivity contribution in [1.82, 2.24) is 0 Å². The maximum absolute atomic E-state index is 11.4. The SMILES string of the molecule is C=C(COc1ccc2c(c1)CCCC2)C(=O)OCC. The summed E-state index contributed by atoms with van der Waals surface area (Å²) in [6.45, 7) is 5.99. The van der Waals surface area contributed by atoms with Crippen LogP contribution in [0.1, 0.15) is 30.9 Å². The summed E-state index contributed by atoms with van der Waals surface area (Å²) >= 11 is 0. The van der Waals surface area contributed by atoms with Crippen LogP contribution in [0.4, 0.5) is 0 Å². The molecule has 1 aliphatic rings. The van der Waals surface area contributed by atoms with Crippen LogP contribution in [0.25, 0.3) is 0 Å². The molecule has 0 amide bonds. The number of ether oxygens (including phenoxy) is 2. The molecule has 0 saturated heterocycles. The second-order valence-corrected chi connectivity index (χ2v) is 4.75. The van der Waals surface area contributed by atoms with E-state index in [-0.39, 0.29) is 12.6 Å². The molecule has 0 N–H and O–H groups in total. The number of carbonyl (C=O) groups excluding carboxylic acids is 1. The standard InChI is InChI=1S/C16H20O3/c1-3-18-16(17)12(2)11-19-15-9-8-13-6-4-5-7-14(13)10-15/h8-10H,2-7,11H2,1H3. The molecule has 0 heterocycles. The van der Waals surface area contributed by atoms with Crippen LogP contribution in [0.3, 0.4) is 0 Å². The lowest BCUT2D eigenvalue weighted by Crippen LogP contribution is -2.13. The van der Waals surface area contributed by atoms with Crippen LogP contribution in [0.15, 0.2) is 30.4 Å². The number of fused-ring (bicyclic) bond motifs is 1. The predicted octanol–water partition coefficient (Wildman–Crippen LogP) is 3.06. The summed E-state index contributed by atoms with van der Waals surface area (Å²) < 4.78 is 10.5. The summed E-state index contributed by atoms with van der Waals surface area (Å²) in [6.07, 6.45) is 4.79. The first-order chi connectivity index (χ1) is 9.20. The van der Waals surface area contributed by atoms with Crippen molar-refractivity contribution in [3.63, 3.8) is 0 Å². The van der Waals surface area contributed by atoms with E-state index in [1.807, 2.05) is 6.07 Å². The zero-order chi connectivity index (χ0) is 13.7. The largest absolute Gasteiger partial charge is 0.489 e. The molecule has 3 heteroatoms. The van der Waals surface area contributed by atoms with Crippen LogP contribution < -0.4 is 4.74 Å². The normalized spacial score (nSPS) is 13.5. The van der Waals surface area contributed by atoms with Crippen molar-refractivity contribution in [2.24, 2.45) is 0 Å². The zero-order valence-electron chi connectivity index (χ0n) is 11.4. The second kappa shape index (κ2) is 6.41. The number of hydrogen-bond acceptors (Lipinski definition) is 3. The molecule has 0 aliphatic heterocycles. The van der Waals surface area contributed by atoms with Gasteiger partial charge in [0, 0.05) is 0 Å². The predicted molar refractivity (Wildman–Crippen MR) is 74.4 cm³/mol. The van der Waals surface area contributed by atoms with Gasteiger partial charge in [0.2, 0.25) is 0 Å². The van der Waals surface area contributed by atoms with Gasteiger partial charge >= 0.3 is 5.97 Å². The summed E-state index contributed by atoms with van der Waals surface area (Å²) in [5.74, 6) is 0.409. The lowest BCUT2D eigenvalue weighted by Gasteiger charge is -2.17. The van der Waals surface area contributed by atoms with Gasteiger partial charge in [0.15, 0.2) is 0 Å². The van der Waals surface area contributed by atoms with Crippen LogP contribution >= 0.6 is 0 Å². The second-order valence-electron chi connectivity index (χ2n) is 4.75. The van der Waals surface area contributed by atoms with Crippen molar-refractivity contribution in [2.75, 3.05) is 13.2 Å². The van der Waals surface area contributed by atoms with Crippen molar-refractivity contribution < 1.29 is 14.3 Å². The number of hydrogen-bond donors (Lipinski definition) is 0. The molecule has 3 nitrogen and oxygen atoms in total. The van der Waals surface area contributed by atoms with Gasteiger partial charge in [-0.05, 0) is 55.9 Å². The van der Waals surface area contributed by atoms with Crippen molar-refractivity contribution in [2.45, 2.75) is 32.6 Å². The monoisotopic (exact) mass is 260 g/mol. The summed E-state index contributed by atoms with van der Waals surface area (Å²) in [4.78, 5) is 11.4. The minimum absolute atomic E-state index is 0.178. The Kier molecular flexibility index (Phi) is 4.61. The van der Waals surface area contributed by atoms with Crippen molar-refractivity contribution in [3.05, 3.63) is 41.5 Å². The van der Waals surface area contributed by atoms with E-state index in [0.29, 0.717) is 12.2 Å². The molecule has 0 radical (unpaired) electrons. The third-order valence-corrected chi connectivity index (χ3v) is 3.30. The van der Waals surface area contributed by atoms with Crippen LogP contribution in [-0.2, 0) is 22.4 Å². The molecule has 1 aliphatic carbocycles. The number of aryl methyl sites for hydroxylation is 2. The summed E-state index contributed by atoms with van der Waals surface area (Å²) in [6, 6.07) is 6.16. The third kappa shape index (κ3) is 3.60. The van der Waals surface area contributed by atoms with Gasteiger partial charge in [-0.25, -0.2) is 4.79 Å². The highest BCUT2D eigenvalue weighted by Gasteiger charge is 2.11. The van der Waals surface area contributed by atoms with E-state index in [2.05, 4.69) is 18.7 Å². The van der Waals surface area contributed by atoms with Crippen molar-refractivity contribution >= 4 is 5.97 Å². The molecule has 0 unspecified atom stereocenters. The van der Waals surface area contributed by atoms with Gasteiger partial charge in [0.25, 0.3) is 0 Å². The van der Waals surface area contributed by atoms with E-state index in [0.717, 1.165) is 18.6 Å².